The van der Waals surface area contributed by atoms with Crippen LogP contribution in [0.4, 0.5) is 0 Å². The lowest BCUT2D eigenvalue weighted by atomic mass is 9.90. The molecule has 1 N–H and O–H groups in total. The number of hydrogen-bond acceptors (Lipinski definition) is 4. The van der Waals surface area contributed by atoms with E-state index in [9.17, 15) is 4.79 Å². The molecule has 3 heterocycles. The maximum absolute atomic E-state index is 12.7. The monoisotopic (exact) mass is 362 g/mol. The van der Waals surface area contributed by atoms with Crippen LogP contribution in [-0.2, 0) is 4.79 Å². The maximum Gasteiger partial charge on any atom is 0.246 e. The summed E-state index contributed by atoms with van der Waals surface area (Å²) >= 11 is 0. The van der Waals surface area contributed by atoms with Crippen molar-refractivity contribution in [2.45, 2.75) is 18.8 Å². The highest BCUT2D eigenvalue weighted by Crippen LogP contribution is 2.28. The molecule has 0 saturated carbocycles. The molecule has 1 saturated heterocycles. The van der Waals surface area contributed by atoms with Crippen molar-refractivity contribution in [2.75, 3.05) is 20.2 Å². The van der Waals surface area contributed by atoms with Crippen LogP contribution in [0, 0.1) is 0 Å². The minimum Gasteiger partial charge on any atom is -0.480 e. The molecular formula is C21H22N4O2. The number of nitrogens with zero attached hydrogens (tertiary/aromatic N) is 3. The van der Waals surface area contributed by atoms with Crippen LogP contribution in [0.25, 0.3) is 17.0 Å². The summed E-state index contributed by atoms with van der Waals surface area (Å²) in [4.78, 5) is 18.8. The first kappa shape index (κ1) is 17.3. The zero-order valence-corrected chi connectivity index (χ0v) is 15.3. The predicted octanol–water partition coefficient (Wildman–Crippen LogP) is 3.39. The molecule has 0 bridgehead atoms. The first-order valence-electron chi connectivity index (χ1n) is 9.15. The Morgan fingerprint density at radius 1 is 1.30 bits per heavy atom. The minimum absolute atomic E-state index is 0.0150. The van der Waals surface area contributed by atoms with Crippen LogP contribution in [0.15, 0.2) is 48.7 Å². The van der Waals surface area contributed by atoms with Gasteiger partial charge in [0, 0.05) is 31.3 Å². The van der Waals surface area contributed by atoms with Crippen molar-refractivity contribution in [2.24, 2.45) is 0 Å². The predicted molar refractivity (Wildman–Crippen MR) is 104 cm³/mol. The molecule has 6 nitrogen and oxygen atoms in total. The first-order chi connectivity index (χ1) is 13.3. The van der Waals surface area contributed by atoms with Crippen LogP contribution in [0.3, 0.4) is 0 Å². The van der Waals surface area contributed by atoms with Gasteiger partial charge in [-0.05, 0) is 30.5 Å². The number of ether oxygens (including phenoxy) is 1. The molecule has 0 aliphatic carbocycles. The van der Waals surface area contributed by atoms with Gasteiger partial charge in [-0.25, -0.2) is 4.98 Å². The number of pyridine rings is 1. The van der Waals surface area contributed by atoms with Gasteiger partial charge < -0.3 is 9.64 Å². The Bertz CT molecular complexity index is 965. The van der Waals surface area contributed by atoms with Crippen LogP contribution in [-0.4, -0.2) is 46.2 Å². The number of aromatic nitrogens is 3. The van der Waals surface area contributed by atoms with Crippen molar-refractivity contribution in [1.82, 2.24) is 20.1 Å². The molecule has 4 rings (SSSR count). The van der Waals surface area contributed by atoms with Gasteiger partial charge in [-0.15, -0.1) is 0 Å². The molecule has 138 valence electrons. The van der Waals surface area contributed by atoms with Crippen LogP contribution in [0.1, 0.15) is 30.0 Å². The van der Waals surface area contributed by atoms with E-state index in [-0.39, 0.29) is 5.91 Å². The molecule has 0 unspecified atom stereocenters. The third kappa shape index (κ3) is 3.56. The smallest absolute Gasteiger partial charge is 0.246 e. The summed E-state index contributed by atoms with van der Waals surface area (Å²) in [5.41, 5.74) is 2.78. The molecule has 3 aromatic rings. The van der Waals surface area contributed by atoms with Gasteiger partial charge in [0.2, 0.25) is 11.8 Å². The average molecular weight is 362 g/mol. The number of methoxy groups -OCH3 is 1. The van der Waals surface area contributed by atoms with E-state index in [0.29, 0.717) is 11.8 Å². The lowest BCUT2D eigenvalue weighted by Gasteiger charge is -2.32. The Kier molecular flexibility index (Phi) is 4.87. The van der Waals surface area contributed by atoms with Gasteiger partial charge in [0.05, 0.1) is 23.7 Å². The van der Waals surface area contributed by atoms with E-state index in [1.165, 1.54) is 5.56 Å². The Hall–Kier alpha value is -3.15. The van der Waals surface area contributed by atoms with Gasteiger partial charge in [-0.3, -0.25) is 9.89 Å². The zero-order valence-electron chi connectivity index (χ0n) is 15.3. The number of hydrogen-bond donors (Lipinski definition) is 1. The lowest BCUT2D eigenvalue weighted by Crippen LogP contribution is -2.38. The summed E-state index contributed by atoms with van der Waals surface area (Å²) in [5.74, 6) is 0.909. The van der Waals surface area contributed by atoms with E-state index in [0.717, 1.165) is 42.5 Å². The molecule has 0 spiro atoms. The van der Waals surface area contributed by atoms with Crippen molar-refractivity contribution in [1.29, 1.82) is 0 Å². The zero-order chi connectivity index (χ0) is 18.6. The van der Waals surface area contributed by atoms with Crippen molar-refractivity contribution in [3.63, 3.8) is 0 Å². The number of amides is 1. The fourth-order valence-electron chi connectivity index (χ4n) is 3.67. The Morgan fingerprint density at radius 2 is 2.15 bits per heavy atom. The van der Waals surface area contributed by atoms with Gasteiger partial charge in [0.1, 0.15) is 0 Å². The number of aromatic amines is 1. The number of nitrogens with one attached hydrogen (secondary N) is 1. The van der Waals surface area contributed by atoms with Gasteiger partial charge in [-0.1, -0.05) is 30.3 Å². The molecule has 1 aromatic carbocycles. The van der Waals surface area contributed by atoms with Crippen molar-refractivity contribution < 1.29 is 9.53 Å². The van der Waals surface area contributed by atoms with Crippen LogP contribution in [0.2, 0.25) is 0 Å². The summed E-state index contributed by atoms with van der Waals surface area (Å²) in [7, 11) is 1.57. The largest absolute Gasteiger partial charge is 0.480 e. The third-order valence-electron chi connectivity index (χ3n) is 5.05. The van der Waals surface area contributed by atoms with E-state index >= 15 is 0 Å². The highest BCUT2D eigenvalue weighted by Gasteiger charge is 2.23. The van der Waals surface area contributed by atoms with E-state index < -0.39 is 0 Å². The van der Waals surface area contributed by atoms with Gasteiger partial charge >= 0.3 is 0 Å². The first-order valence-corrected chi connectivity index (χ1v) is 9.15. The normalized spacial score (nSPS) is 17.5. The second-order valence-electron chi connectivity index (χ2n) is 6.72. The molecule has 1 amide bonds. The van der Waals surface area contributed by atoms with E-state index in [4.69, 9.17) is 4.74 Å². The molecule has 6 heteroatoms. The van der Waals surface area contributed by atoms with Crippen LogP contribution in [0.5, 0.6) is 5.88 Å². The number of rotatable bonds is 4. The Balaban J connectivity index is 1.50. The van der Waals surface area contributed by atoms with Crippen molar-refractivity contribution >= 4 is 22.9 Å². The number of H-pyrrole nitrogens is 1. The molecule has 1 fully saturated rings. The van der Waals surface area contributed by atoms with E-state index in [1.807, 2.05) is 17.0 Å². The van der Waals surface area contributed by atoms with Gasteiger partial charge in [0.25, 0.3) is 0 Å². The Morgan fingerprint density at radius 3 is 2.96 bits per heavy atom. The van der Waals surface area contributed by atoms with Crippen molar-refractivity contribution in [3.05, 3.63) is 59.9 Å². The lowest BCUT2D eigenvalue weighted by molar-refractivity contribution is -0.127. The minimum atomic E-state index is 0.0150. The molecule has 27 heavy (non-hydrogen) atoms. The highest BCUT2D eigenvalue weighted by molar-refractivity contribution is 5.96. The fraction of sp³-hybridized carbons (Fsp3) is 0.286. The summed E-state index contributed by atoms with van der Waals surface area (Å²) in [5, 5.41) is 7.98. The molecule has 1 aliphatic heterocycles. The number of fused-ring (bicyclic) bond motifs is 1. The highest BCUT2D eigenvalue weighted by atomic mass is 16.5. The summed E-state index contributed by atoms with van der Waals surface area (Å²) in [6.45, 7) is 1.54. The number of piperidine rings is 1. The number of likely N-dealkylation sites (tertiary alicyclic amines) is 1. The second kappa shape index (κ2) is 7.61. The van der Waals surface area contributed by atoms with Crippen LogP contribution < -0.4 is 4.74 Å². The van der Waals surface area contributed by atoms with Gasteiger partial charge in [-0.2, -0.15) is 5.10 Å². The number of carbonyl (C=O) groups is 1. The second-order valence-corrected chi connectivity index (χ2v) is 6.72. The topological polar surface area (TPSA) is 71.1 Å². The number of benzene rings is 1. The third-order valence-corrected chi connectivity index (χ3v) is 5.05. The molecule has 1 atom stereocenters. The summed E-state index contributed by atoms with van der Waals surface area (Å²) in [6, 6.07) is 12.2. The quantitative estimate of drug-likeness (QED) is 0.722. The molecule has 0 radical (unpaired) electrons. The summed E-state index contributed by atoms with van der Waals surface area (Å²) in [6.07, 6.45) is 7.15. The SMILES string of the molecule is COc1nccc2n[nH]c(C=CC(=O)N3CCC[C@H](c4ccccc4)C3)c12. The average Bonchev–Trinajstić information content (AvgIpc) is 3.16. The summed E-state index contributed by atoms with van der Waals surface area (Å²) < 4.78 is 5.31. The molecule has 2 aromatic heterocycles. The fourth-order valence-corrected chi connectivity index (χ4v) is 3.67. The van der Waals surface area contributed by atoms with Gasteiger partial charge in [0.15, 0.2) is 0 Å². The molecule has 1 aliphatic rings. The van der Waals surface area contributed by atoms with E-state index in [2.05, 4.69) is 39.4 Å². The van der Waals surface area contributed by atoms with Crippen molar-refractivity contribution in [3.8, 4) is 5.88 Å². The van der Waals surface area contributed by atoms with E-state index in [1.54, 1.807) is 25.5 Å². The molecular weight excluding hydrogens is 340 g/mol. The Labute approximate surface area is 157 Å². The van der Waals surface area contributed by atoms with Crippen LogP contribution >= 0.6 is 0 Å². The number of carbonyl (C=O) groups excluding carboxylic acids is 1. The standard InChI is InChI=1S/C21H22N4O2/c1-27-21-20-17(23-24-18(20)11-12-22-21)9-10-19(26)25-13-5-8-16(14-25)15-6-3-2-4-7-15/h2-4,6-7,9-12,16H,5,8,13-14H2,1H3,(H,23,24)/t16-/m0/s1. The maximum atomic E-state index is 12.7.